The summed E-state index contributed by atoms with van der Waals surface area (Å²) in [4.78, 5) is 0. The largest absolute Gasteiger partial charge is 0.494 e. The first-order valence-corrected chi connectivity index (χ1v) is 18.1. The maximum Gasteiger partial charge on any atom is 0.494 e. The van der Waals surface area contributed by atoms with E-state index in [1.165, 1.54) is 98.9 Å². The van der Waals surface area contributed by atoms with Crippen LogP contribution in [0.25, 0.3) is 10.8 Å². The van der Waals surface area contributed by atoms with E-state index in [2.05, 4.69) is 79.7 Å². The van der Waals surface area contributed by atoms with Gasteiger partial charge in [0.05, 0.1) is 22.4 Å². The van der Waals surface area contributed by atoms with Gasteiger partial charge in [-0.15, -0.1) is 0 Å². The minimum Gasteiger partial charge on any atom is -0.399 e. The van der Waals surface area contributed by atoms with E-state index in [4.69, 9.17) is 18.6 Å². The minimum atomic E-state index is -0.362. The van der Waals surface area contributed by atoms with Gasteiger partial charge in [-0.1, -0.05) is 88.5 Å². The number of benzene rings is 2. The number of rotatable bonds is 8. The molecule has 4 fully saturated rings. The van der Waals surface area contributed by atoms with Gasteiger partial charge in [0, 0.05) is 0 Å². The molecule has 2 aliphatic carbocycles. The van der Waals surface area contributed by atoms with Crippen LogP contribution in [-0.4, -0.2) is 36.6 Å². The third-order valence-corrected chi connectivity index (χ3v) is 12.4. The highest BCUT2D eigenvalue weighted by molar-refractivity contribution is 6.63. The first-order valence-electron chi connectivity index (χ1n) is 18.1. The van der Waals surface area contributed by atoms with E-state index in [0.717, 1.165) is 35.6 Å². The fraction of sp³-hybridized carbons (Fsp3) is 0.737. The summed E-state index contributed by atoms with van der Waals surface area (Å²) in [5.41, 5.74) is 3.73. The maximum atomic E-state index is 6.63. The predicted octanol–water partition coefficient (Wildman–Crippen LogP) is 8.46. The lowest BCUT2D eigenvalue weighted by Gasteiger charge is -2.32. The Morgan fingerprint density at radius 2 is 0.818 bits per heavy atom. The van der Waals surface area contributed by atoms with Crippen LogP contribution in [-0.2, 0) is 31.5 Å². The van der Waals surface area contributed by atoms with Crippen molar-refractivity contribution >= 4 is 35.9 Å². The summed E-state index contributed by atoms with van der Waals surface area (Å²) in [5, 5.41) is 2.74. The molecule has 0 radical (unpaired) electrons. The Hall–Kier alpha value is -1.33. The number of hydrogen-bond acceptors (Lipinski definition) is 4. The molecule has 4 aliphatic rings. The molecule has 0 bridgehead atoms. The number of hydrogen-bond donors (Lipinski definition) is 0. The van der Waals surface area contributed by atoms with Gasteiger partial charge in [0.15, 0.2) is 0 Å². The Balaban J connectivity index is 1.43. The molecule has 2 aliphatic heterocycles. The zero-order chi connectivity index (χ0) is 31.3. The van der Waals surface area contributed by atoms with E-state index < -0.39 is 0 Å². The van der Waals surface area contributed by atoms with Gasteiger partial charge >= 0.3 is 14.2 Å². The lowest BCUT2D eigenvalue weighted by molar-refractivity contribution is 0.00578. The van der Waals surface area contributed by atoms with Gasteiger partial charge in [-0.05, 0) is 126 Å². The van der Waals surface area contributed by atoms with Crippen LogP contribution in [0.15, 0.2) is 24.3 Å². The third-order valence-electron chi connectivity index (χ3n) is 12.4. The van der Waals surface area contributed by atoms with Crippen LogP contribution in [0.4, 0.5) is 0 Å². The van der Waals surface area contributed by atoms with Gasteiger partial charge in [0.25, 0.3) is 0 Å². The van der Waals surface area contributed by atoms with Crippen LogP contribution in [0.5, 0.6) is 0 Å². The van der Waals surface area contributed by atoms with Gasteiger partial charge < -0.3 is 18.6 Å². The average Bonchev–Trinajstić information content (AvgIpc) is 3.34. The Morgan fingerprint density at radius 3 is 1.14 bits per heavy atom. The Kier molecular flexibility index (Phi) is 9.16. The summed E-state index contributed by atoms with van der Waals surface area (Å²) in [6.07, 6.45) is 18.5. The Bertz CT molecular complexity index is 1190. The van der Waals surface area contributed by atoms with Crippen LogP contribution in [0, 0.1) is 11.8 Å². The molecule has 2 saturated heterocycles. The SMILES string of the molecule is CC1(C)OB(c2cc(CCC3CCCCC3)c3cc(B4OC(C)(C)C(C)(C)O4)cc(CCC4CCCCC4)c3c2)OC1(C)C. The molecule has 4 nitrogen and oxygen atoms in total. The van der Waals surface area contributed by atoms with Crippen molar-refractivity contribution in [2.45, 2.75) is 168 Å². The van der Waals surface area contributed by atoms with Crippen molar-refractivity contribution in [1.29, 1.82) is 0 Å². The van der Waals surface area contributed by atoms with E-state index in [0.29, 0.717) is 0 Å². The molecule has 6 rings (SSSR count). The molecule has 2 heterocycles. The second kappa shape index (κ2) is 12.4. The highest BCUT2D eigenvalue weighted by Crippen LogP contribution is 2.39. The summed E-state index contributed by atoms with van der Waals surface area (Å²) in [5.74, 6) is 1.66. The molecule has 0 atom stereocenters. The molecule has 0 amide bonds. The molecule has 2 saturated carbocycles. The summed E-state index contributed by atoms with van der Waals surface area (Å²) in [6.45, 7) is 17.3. The minimum absolute atomic E-state index is 0.355. The van der Waals surface area contributed by atoms with Crippen molar-refractivity contribution in [3.63, 3.8) is 0 Å². The molecule has 44 heavy (non-hydrogen) atoms. The van der Waals surface area contributed by atoms with E-state index in [-0.39, 0.29) is 36.6 Å². The van der Waals surface area contributed by atoms with E-state index in [9.17, 15) is 0 Å². The van der Waals surface area contributed by atoms with Crippen LogP contribution in [0.3, 0.4) is 0 Å². The molecule has 2 aromatic rings. The summed E-state index contributed by atoms with van der Waals surface area (Å²) in [7, 11) is -0.710. The van der Waals surface area contributed by atoms with Crippen molar-refractivity contribution in [3.05, 3.63) is 35.4 Å². The van der Waals surface area contributed by atoms with Gasteiger partial charge in [0.2, 0.25) is 0 Å². The second-order valence-electron chi connectivity index (χ2n) is 16.7. The van der Waals surface area contributed by atoms with Crippen LogP contribution in [0.1, 0.15) is 144 Å². The summed E-state index contributed by atoms with van der Waals surface area (Å²) in [6, 6.07) is 9.61. The molecule has 0 spiro atoms. The molecule has 6 heteroatoms. The highest BCUT2D eigenvalue weighted by atomic mass is 16.7. The van der Waals surface area contributed by atoms with Crippen LogP contribution < -0.4 is 10.9 Å². The topological polar surface area (TPSA) is 36.9 Å². The van der Waals surface area contributed by atoms with E-state index in [1.54, 1.807) is 0 Å². The second-order valence-corrected chi connectivity index (χ2v) is 16.7. The first kappa shape index (κ1) is 32.6. The molecular weight excluding hydrogens is 542 g/mol. The van der Waals surface area contributed by atoms with E-state index in [1.807, 2.05) is 0 Å². The molecule has 240 valence electrons. The normalized spacial score (nSPS) is 25.3. The van der Waals surface area contributed by atoms with Crippen molar-refractivity contribution in [2.24, 2.45) is 11.8 Å². The molecule has 0 N–H and O–H groups in total. The molecule has 0 unspecified atom stereocenters. The molecular formula is C38H58B2O4. The standard InChI is InChI=1S/C38H58B2O4/c1-35(2)36(3,4)42-39(41-35)31-23-29(21-19-27-15-11-9-12-16-27)34-26-32(40-43-37(5,6)38(7,8)44-40)24-30(33(34)25-31)22-20-28-17-13-10-14-18-28/h23-28H,9-22H2,1-8H3. The zero-order valence-electron chi connectivity index (χ0n) is 29.2. The van der Waals surface area contributed by atoms with Gasteiger partial charge in [-0.2, -0.15) is 0 Å². The Morgan fingerprint density at radius 1 is 0.500 bits per heavy atom. The Labute approximate surface area is 269 Å². The number of fused-ring (bicyclic) bond motifs is 1. The summed E-state index contributed by atoms with van der Waals surface area (Å²) >= 11 is 0. The predicted molar refractivity (Wildman–Crippen MR) is 185 cm³/mol. The van der Waals surface area contributed by atoms with Crippen molar-refractivity contribution in [2.75, 3.05) is 0 Å². The lowest BCUT2D eigenvalue weighted by Crippen LogP contribution is -2.41. The number of aryl methyl sites for hydroxylation is 2. The van der Waals surface area contributed by atoms with Crippen LogP contribution >= 0.6 is 0 Å². The van der Waals surface area contributed by atoms with Gasteiger partial charge in [-0.25, -0.2) is 0 Å². The van der Waals surface area contributed by atoms with Gasteiger partial charge in [-0.3, -0.25) is 0 Å². The molecule has 2 aromatic carbocycles. The van der Waals surface area contributed by atoms with Crippen molar-refractivity contribution in [3.8, 4) is 0 Å². The fourth-order valence-electron chi connectivity index (χ4n) is 7.98. The van der Waals surface area contributed by atoms with E-state index >= 15 is 0 Å². The zero-order valence-corrected chi connectivity index (χ0v) is 29.2. The average molecular weight is 601 g/mol. The molecule has 0 aromatic heterocycles. The highest BCUT2D eigenvalue weighted by Gasteiger charge is 2.53. The van der Waals surface area contributed by atoms with Crippen molar-refractivity contribution in [1.82, 2.24) is 0 Å². The van der Waals surface area contributed by atoms with Gasteiger partial charge in [0.1, 0.15) is 0 Å². The monoisotopic (exact) mass is 600 g/mol. The quantitative estimate of drug-likeness (QED) is 0.285. The summed E-state index contributed by atoms with van der Waals surface area (Å²) < 4.78 is 26.5. The first-order chi connectivity index (χ1) is 20.7. The maximum absolute atomic E-state index is 6.63. The van der Waals surface area contributed by atoms with Crippen LogP contribution in [0.2, 0.25) is 0 Å². The third kappa shape index (κ3) is 6.57. The lowest BCUT2D eigenvalue weighted by atomic mass is 9.72. The van der Waals surface area contributed by atoms with Crippen molar-refractivity contribution < 1.29 is 18.6 Å². The smallest absolute Gasteiger partial charge is 0.399 e. The fourth-order valence-corrected chi connectivity index (χ4v) is 7.98.